The van der Waals surface area contributed by atoms with Gasteiger partial charge in [-0.1, -0.05) is 109 Å². The van der Waals surface area contributed by atoms with E-state index in [4.69, 9.17) is 9.97 Å². The number of nitrogens with zero attached hydrogens (tertiary/aromatic N) is 2. The van der Waals surface area contributed by atoms with E-state index in [1.54, 1.807) is 11.3 Å². The number of para-hydroxylation sites is 2. The van der Waals surface area contributed by atoms with Gasteiger partial charge in [-0.3, -0.25) is 0 Å². The molecule has 6 aromatic carbocycles. The molecule has 2 aromatic heterocycles. The Morgan fingerprint density at radius 3 is 2.03 bits per heavy atom. The molecule has 0 spiro atoms. The Morgan fingerprint density at radius 1 is 0.436 bits per heavy atom. The van der Waals surface area contributed by atoms with E-state index in [9.17, 15) is 0 Å². The van der Waals surface area contributed by atoms with Crippen LogP contribution < -0.4 is 0 Å². The maximum absolute atomic E-state index is 5.15. The van der Waals surface area contributed by atoms with Crippen LogP contribution in [0.2, 0.25) is 0 Å². The Morgan fingerprint density at radius 2 is 1.15 bits per heavy atom. The molecule has 0 aliphatic carbocycles. The van der Waals surface area contributed by atoms with Crippen molar-refractivity contribution in [2.45, 2.75) is 0 Å². The van der Waals surface area contributed by atoms with Crippen LogP contribution in [0.4, 0.5) is 0 Å². The van der Waals surface area contributed by atoms with Crippen LogP contribution in [0.25, 0.3) is 75.6 Å². The Kier molecular flexibility index (Phi) is 5.04. The van der Waals surface area contributed by atoms with Gasteiger partial charge >= 0.3 is 0 Å². The first-order chi connectivity index (χ1) is 19.3. The number of rotatable bonds is 3. The van der Waals surface area contributed by atoms with E-state index in [1.165, 1.54) is 42.8 Å². The molecule has 8 aromatic rings. The second kappa shape index (κ2) is 8.87. The van der Waals surface area contributed by atoms with Gasteiger partial charge in [0.05, 0.1) is 21.4 Å². The van der Waals surface area contributed by atoms with Gasteiger partial charge < -0.3 is 0 Å². The third kappa shape index (κ3) is 3.70. The quantitative estimate of drug-likeness (QED) is 0.219. The number of benzene rings is 6. The first-order valence-electron chi connectivity index (χ1n) is 13.1. The summed E-state index contributed by atoms with van der Waals surface area (Å²) >= 11 is 1.74. The lowest BCUT2D eigenvalue weighted by Gasteiger charge is -2.13. The van der Waals surface area contributed by atoms with E-state index in [2.05, 4.69) is 127 Å². The molecular formula is C36H22N2S. The van der Waals surface area contributed by atoms with Crippen molar-refractivity contribution in [3.8, 4) is 33.0 Å². The first kappa shape index (κ1) is 22.2. The van der Waals surface area contributed by atoms with Gasteiger partial charge in [0.1, 0.15) is 5.01 Å². The average Bonchev–Trinajstić information content (AvgIpc) is 3.45. The predicted molar refractivity (Wildman–Crippen MR) is 166 cm³/mol. The molecule has 8 rings (SSSR count). The molecule has 0 bridgehead atoms. The zero-order valence-electron chi connectivity index (χ0n) is 21.0. The summed E-state index contributed by atoms with van der Waals surface area (Å²) in [5.74, 6) is 0. The zero-order chi connectivity index (χ0) is 25.8. The number of pyridine rings is 1. The first-order valence-corrected chi connectivity index (χ1v) is 13.9. The molecule has 0 fully saturated rings. The van der Waals surface area contributed by atoms with Crippen LogP contribution in [0.3, 0.4) is 0 Å². The van der Waals surface area contributed by atoms with Gasteiger partial charge in [-0.25, -0.2) is 9.97 Å². The number of fused-ring (bicyclic) bond motifs is 6. The van der Waals surface area contributed by atoms with Gasteiger partial charge in [0, 0.05) is 27.3 Å². The van der Waals surface area contributed by atoms with Crippen molar-refractivity contribution in [2.24, 2.45) is 0 Å². The predicted octanol–water partition coefficient (Wildman–Crippen LogP) is 10.2. The smallest absolute Gasteiger partial charge is 0.124 e. The van der Waals surface area contributed by atoms with Crippen molar-refractivity contribution in [2.75, 3.05) is 0 Å². The molecule has 39 heavy (non-hydrogen) atoms. The second-order valence-electron chi connectivity index (χ2n) is 9.83. The monoisotopic (exact) mass is 514 g/mol. The van der Waals surface area contributed by atoms with Gasteiger partial charge in [-0.05, 0) is 46.2 Å². The molecular weight excluding hydrogens is 492 g/mol. The van der Waals surface area contributed by atoms with Crippen LogP contribution in [0.5, 0.6) is 0 Å². The highest BCUT2D eigenvalue weighted by molar-refractivity contribution is 7.21. The van der Waals surface area contributed by atoms with Crippen LogP contribution in [-0.2, 0) is 0 Å². The van der Waals surface area contributed by atoms with E-state index in [0.29, 0.717) is 0 Å². The normalized spacial score (nSPS) is 11.6. The largest absolute Gasteiger partial charge is 0.247 e. The van der Waals surface area contributed by atoms with Gasteiger partial charge in [-0.15, -0.1) is 11.3 Å². The van der Waals surface area contributed by atoms with Crippen molar-refractivity contribution in [3.63, 3.8) is 0 Å². The van der Waals surface area contributed by atoms with Crippen LogP contribution in [-0.4, -0.2) is 9.97 Å². The maximum Gasteiger partial charge on any atom is 0.124 e. The van der Waals surface area contributed by atoms with E-state index in [0.717, 1.165) is 32.9 Å². The zero-order valence-corrected chi connectivity index (χ0v) is 21.8. The third-order valence-electron chi connectivity index (χ3n) is 7.48. The molecule has 0 unspecified atom stereocenters. The van der Waals surface area contributed by atoms with Crippen molar-refractivity contribution in [1.29, 1.82) is 0 Å². The summed E-state index contributed by atoms with van der Waals surface area (Å²) in [6, 6.07) is 47.3. The lowest BCUT2D eigenvalue weighted by molar-refractivity contribution is 1.43. The lowest BCUT2D eigenvalue weighted by atomic mass is 9.94. The molecule has 0 aliphatic heterocycles. The highest BCUT2D eigenvalue weighted by Crippen LogP contribution is 2.38. The summed E-state index contributed by atoms with van der Waals surface area (Å²) in [5, 5.41) is 7.19. The van der Waals surface area contributed by atoms with Gasteiger partial charge in [0.25, 0.3) is 0 Å². The molecule has 3 heteroatoms. The molecule has 0 atom stereocenters. The third-order valence-corrected chi connectivity index (χ3v) is 8.57. The number of aromatic nitrogens is 2. The van der Waals surface area contributed by atoms with E-state index in [1.807, 2.05) is 6.07 Å². The van der Waals surface area contributed by atoms with Crippen LogP contribution in [0.15, 0.2) is 133 Å². The maximum atomic E-state index is 5.15. The second-order valence-corrected chi connectivity index (χ2v) is 10.9. The minimum Gasteiger partial charge on any atom is -0.247 e. The van der Waals surface area contributed by atoms with Crippen LogP contribution >= 0.6 is 11.3 Å². The summed E-state index contributed by atoms with van der Waals surface area (Å²) in [7, 11) is 0. The highest BCUT2D eigenvalue weighted by Gasteiger charge is 2.13. The topological polar surface area (TPSA) is 25.8 Å². The Labute approximate surface area is 229 Å². The number of hydrogen-bond acceptors (Lipinski definition) is 3. The molecule has 0 radical (unpaired) electrons. The Bertz CT molecular complexity index is 2130. The SMILES string of the molecule is c1cc(-c2ccc(-c3nc4ccccc4c4c3ccc3ccccc34)cc2)cc(-c2nc3ccccc3s2)c1. The fraction of sp³-hybridized carbons (Fsp3) is 0. The molecule has 0 N–H and O–H groups in total. The summed E-state index contributed by atoms with van der Waals surface area (Å²) in [6.45, 7) is 0. The van der Waals surface area contributed by atoms with Crippen molar-refractivity contribution in [3.05, 3.63) is 133 Å². The highest BCUT2D eigenvalue weighted by atomic mass is 32.1. The molecule has 2 heterocycles. The standard InChI is InChI=1S/C36H22N2S/c1-2-11-28-24(8-1)20-21-30-34(28)29-12-3-4-13-31(29)37-35(30)25-18-16-23(17-19-25)26-9-7-10-27(22-26)36-38-32-14-5-6-15-33(32)39-36/h1-22H. The fourth-order valence-corrected chi connectivity index (χ4v) is 6.55. The van der Waals surface area contributed by atoms with Crippen molar-refractivity contribution >= 4 is 54.0 Å². The van der Waals surface area contributed by atoms with E-state index >= 15 is 0 Å². The molecule has 0 amide bonds. The van der Waals surface area contributed by atoms with Gasteiger partial charge in [0.2, 0.25) is 0 Å². The van der Waals surface area contributed by atoms with Crippen LogP contribution in [0, 0.1) is 0 Å². The fourth-order valence-electron chi connectivity index (χ4n) is 5.59. The van der Waals surface area contributed by atoms with E-state index < -0.39 is 0 Å². The van der Waals surface area contributed by atoms with E-state index in [-0.39, 0.29) is 0 Å². The minimum atomic E-state index is 1.02. The van der Waals surface area contributed by atoms with Crippen LogP contribution in [0.1, 0.15) is 0 Å². The summed E-state index contributed by atoms with van der Waals surface area (Å²) in [4.78, 5) is 10.0. The van der Waals surface area contributed by atoms with Crippen molar-refractivity contribution < 1.29 is 0 Å². The average molecular weight is 515 g/mol. The Hall–Kier alpha value is -4.86. The molecule has 0 aliphatic rings. The summed E-state index contributed by atoms with van der Waals surface area (Å²) in [5.41, 5.74) is 7.71. The summed E-state index contributed by atoms with van der Waals surface area (Å²) < 4.78 is 1.21. The lowest BCUT2D eigenvalue weighted by Crippen LogP contribution is -1.91. The minimum absolute atomic E-state index is 1.02. The molecule has 182 valence electrons. The molecule has 2 nitrogen and oxygen atoms in total. The summed E-state index contributed by atoms with van der Waals surface area (Å²) in [6.07, 6.45) is 0. The van der Waals surface area contributed by atoms with Gasteiger partial charge in [-0.2, -0.15) is 0 Å². The molecule has 0 saturated carbocycles. The Balaban J connectivity index is 1.24. The number of hydrogen-bond donors (Lipinski definition) is 0. The molecule has 0 saturated heterocycles. The van der Waals surface area contributed by atoms with Crippen molar-refractivity contribution in [1.82, 2.24) is 9.97 Å². The number of thiazole rings is 1. The van der Waals surface area contributed by atoms with Gasteiger partial charge in [0.15, 0.2) is 0 Å².